The Labute approximate surface area is 140 Å². The number of aliphatic hydroxyl groups is 4. The molecule has 25 heavy (non-hydrogen) atoms. The maximum absolute atomic E-state index is 11.2. The second-order valence-electron chi connectivity index (χ2n) is 5.66. The molecule has 136 valence electrons. The molecule has 0 radical (unpaired) electrons. The molecule has 3 rings (SSSR count). The number of imidazole rings is 1. The summed E-state index contributed by atoms with van der Waals surface area (Å²) in [5, 5.41) is 41.4. The first-order chi connectivity index (χ1) is 11.8. The summed E-state index contributed by atoms with van der Waals surface area (Å²) in [5.41, 5.74) is 6.17. The molecule has 12 nitrogen and oxygen atoms in total. The number of aliphatic hydroxyl groups excluding tert-OH is 4. The molecular formula is C13H18N6O6. The number of nitrogens with one attached hydrogen (secondary N) is 1. The summed E-state index contributed by atoms with van der Waals surface area (Å²) < 4.78 is 6.78. The van der Waals surface area contributed by atoms with Gasteiger partial charge in [-0.3, -0.25) is 14.7 Å². The van der Waals surface area contributed by atoms with Gasteiger partial charge in [-0.1, -0.05) is 0 Å². The van der Waals surface area contributed by atoms with E-state index in [0.29, 0.717) is 0 Å². The standard InChI is InChI=1S/C13H18N6O6/c1-4(21)16-13-17-10(14)6-11(18-13)19(3-15-6)12-8(24)7(23)9(25-12)5(22)2-20/h3,5,7-9,12,20,22-24H,2H2,1H3,(H3,14,16,17,18,21)/t5-,7+,8-,9+,12+/m1/s1. The highest BCUT2D eigenvalue weighted by atomic mass is 16.6. The van der Waals surface area contributed by atoms with Crippen molar-refractivity contribution in [2.75, 3.05) is 17.7 Å². The third kappa shape index (κ3) is 3.01. The number of carbonyl (C=O) groups is 1. The van der Waals surface area contributed by atoms with Crippen LogP contribution in [0.4, 0.5) is 11.8 Å². The van der Waals surface area contributed by atoms with E-state index in [4.69, 9.17) is 15.6 Å². The maximum atomic E-state index is 11.2. The van der Waals surface area contributed by atoms with Crippen LogP contribution in [-0.2, 0) is 9.53 Å². The third-order valence-corrected chi connectivity index (χ3v) is 3.85. The Morgan fingerprint density at radius 3 is 2.80 bits per heavy atom. The van der Waals surface area contributed by atoms with Crippen molar-refractivity contribution in [1.29, 1.82) is 0 Å². The predicted octanol–water partition coefficient (Wildman–Crippen LogP) is -2.66. The van der Waals surface area contributed by atoms with Crippen molar-refractivity contribution < 1.29 is 30.0 Å². The molecule has 0 bridgehead atoms. The van der Waals surface area contributed by atoms with Crippen LogP contribution >= 0.6 is 0 Å². The molecule has 2 aromatic rings. The number of anilines is 2. The molecule has 5 atom stereocenters. The number of fused-ring (bicyclic) bond motifs is 1. The lowest BCUT2D eigenvalue weighted by Gasteiger charge is -2.18. The van der Waals surface area contributed by atoms with E-state index in [1.54, 1.807) is 0 Å². The van der Waals surface area contributed by atoms with E-state index in [-0.39, 0.29) is 22.9 Å². The summed E-state index contributed by atoms with van der Waals surface area (Å²) in [7, 11) is 0. The Morgan fingerprint density at radius 1 is 1.44 bits per heavy atom. The number of nitrogens with two attached hydrogens (primary N) is 1. The lowest BCUT2D eigenvalue weighted by atomic mass is 10.1. The Kier molecular flexibility index (Phi) is 4.53. The summed E-state index contributed by atoms with van der Waals surface area (Å²) in [5.74, 6) is -0.449. The van der Waals surface area contributed by atoms with Gasteiger partial charge in [-0.25, -0.2) is 4.98 Å². The van der Waals surface area contributed by atoms with Crippen LogP contribution in [0.5, 0.6) is 0 Å². The van der Waals surface area contributed by atoms with Gasteiger partial charge in [0.05, 0.1) is 12.9 Å². The number of hydrogen-bond acceptors (Lipinski definition) is 10. The molecule has 0 aliphatic carbocycles. The van der Waals surface area contributed by atoms with Crippen molar-refractivity contribution in [3.63, 3.8) is 0 Å². The molecule has 1 amide bonds. The molecule has 2 aromatic heterocycles. The van der Waals surface area contributed by atoms with E-state index in [1.165, 1.54) is 17.8 Å². The number of ether oxygens (including phenoxy) is 1. The smallest absolute Gasteiger partial charge is 0.233 e. The topological polar surface area (TPSA) is 189 Å². The van der Waals surface area contributed by atoms with Gasteiger partial charge >= 0.3 is 0 Å². The minimum atomic E-state index is -1.43. The molecule has 1 saturated heterocycles. The first-order valence-electron chi connectivity index (χ1n) is 7.41. The van der Waals surface area contributed by atoms with Crippen molar-refractivity contribution in [3.05, 3.63) is 6.33 Å². The highest BCUT2D eigenvalue weighted by Gasteiger charge is 2.47. The lowest BCUT2D eigenvalue weighted by molar-refractivity contribution is -0.114. The van der Waals surface area contributed by atoms with E-state index >= 15 is 0 Å². The molecule has 3 heterocycles. The van der Waals surface area contributed by atoms with Crippen LogP contribution in [-0.4, -0.2) is 76.9 Å². The molecule has 0 spiro atoms. The molecule has 1 aliphatic heterocycles. The van der Waals surface area contributed by atoms with Gasteiger partial charge in [0.2, 0.25) is 11.9 Å². The lowest BCUT2D eigenvalue weighted by Crippen LogP contribution is -2.40. The average Bonchev–Trinajstić information content (AvgIpc) is 3.09. The first kappa shape index (κ1) is 17.4. The van der Waals surface area contributed by atoms with Gasteiger partial charge in [0.1, 0.15) is 29.9 Å². The molecule has 7 N–H and O–H groups in total. The summed E-state index contributed by atoms with van der Waals surface area (Å²) >= 11 is 0. The highest BCUT2D eigenvalue weighted by Crippen LogP contribution is 2.33. The van der Waals surface area contributed by atoms with Crippen molar-refractivity contribution >= 4 is 28.8 Å². The average molecular weight is 354 g/mol. The van der Waals surface area contributed by atoms with Crippen LogP contribution in [0.3, 0.4) is 0 Å². The van der Waals surface area contributed by atoms with Crippen LogP contribution in [0.25, 0.3) is 11.2 Å². The van der Waals surface area contributed by atoms with Gasteiger partial charge in [-0.2, -0.15) is 9.97 Å². The number of aromatic nitrogens is 4. The van der Waals surface area contributed by atoms with Gasteiger partial charge in [-0.05, 0) is 0 Å². The van der Waals surface area contributed by atoms with Gasteiger partial charge in [0.25, 0.3) is 0 Å². The number of carbonyl (C=O) groups excluding carboxylic acids is 1. The summed E-state index contributed by atoms with van der Waals surface area (Å²) in [6.45, 7) is 0.635. The Balaban J connectivity index is 2.01. The SMILES string of the molecule is CC(=O)Nc1nc(N)c2ncn([C@H]3O[C@@H]([C@H](O)CO)[C@@H](O)[C@H]3O)c2n1. The fourth-order valence-electron chi connectivity index (χ4n) is 2.68. The molecule has 0 saturated carbocycles. The normalized spacial score (nSPS) is 27.6. The molecular weight excluding hydrogens is 336 g/mol. The van der Waals surface area contributed by atoms with Crippen LogP contribution in [0.15, 0.2) is 6.33 Å². The fraction of sp³-hybridized carbons (Fsp3) is 0.538. The van der Waals surface area contributed by atoms with Crippen LogP contribution in [0, 0.1) is 0 Å². The molecule has 1 fully saturated rings. The van der Waals surface area contributed by atoms with Crippen LogP contribution < -0.4 is 11.1 Å². The second kappa shape index (κ2) is 6.50. The minimum Gasteiger partial charge on any atom is -0.394 e. The third-order valence-electron chi connectivity index (χ3n) is 3.85. The number of hydrogen-bond donors (Lipinski definition) is 6. The zero-order chi connectivity index (χ0) is 18.3. The van der Waals surface area contributed by atoms with Crippen molar-refractivity contribution in [2.45, 2.75) is 37.6 Å². The van der Waals surface area contributed by atoms with Crippen molar-refractivity contribution in [2.24, 2.45) is 0 Å². The molecule has 0 aromatic carbocycles. The van der Waals surface area contributed by atoms with Gasteiger partial charge in [-0.15, -0.1) is 0 Å². The second-order valence-corrected chi connectivity index (χ2v) is 5.66. The van der Waals surface area contributed by atoms with Gasteiger partial charge in [0.15, 0.2) is 17.7 Å². The Bertz CT molecular complexity index is 797. The quantitative estimate of drug-likeness (QED) is 0.338. The summed E-state index contributed by atoms with van der Waals surface area (Å²) in [6.07, 6.45) is -5.27. The number of nitrogens with zero attached hydrogens (tertiary/aromatic N) is 4. The Hall–Kier alpha value is -2.38. The van der Waals surface area contributed by atoms with E-state index in [1.807, 2.05) is 0 Å². The first-order valence-corrected chi connectivity index (χ1v) is 7.41. The Morgan fingerprint density at radius 2 is 2.16 bits per heavy atom. The molecule has 0 unspecified atom stereocenters. The van der Waals surface area contributed by atoms with Gasteiger partial charge < -0.3 is 30.9 Å². The zero-order valence-electron chi connectivity index (χ0n) is 13.1. The predicted molar refractivity (Wildman–Crippen MR) is 83.1 cm³/mol. The zero-order valence-corrected chi connectivity index (χ0v) is 13.1. The van der Waals surface area contributed by atoms with E-state index < -0.39 is 43.2 Å². The number of nitrogen functional groups attached to an aromatic ring is 1. The number of rotatable bonds is 4. The summed E-state index contributed by atoms with van der Waals surface area (Å²) in [4.78, 5) is 23.3. The van der Waals surface area contributed by atoms with Gasteiger partial charge in [0, 0.05) is 6.92 Å². The highest BCUT2D eigenvalue weighted by molar-refractivity contribution is 5.89. The molecule has 12 heteroatoms. The maximum Gasteiger partial charge on any atom is 0.233 e. The molecule has 1 aliphatic rings. The van der Waals surface area contributed by atoms with Crippen molar-refractivity contribution in [1.82, 2.24) is 19.5 Å². The minimum absolute atomic E-state index is 0.00692. The van der Waals surface area contributed by atoms with Crippen LogP contribution in [0.2, 0.25) is 0 Å². The van der Waals surface area contributed by atoms with Crippen LogP contribution in [0.1, 0.15) is 13.2 Å². The largest absolute Gasteiger partial charge is 0.394 e. The van der Waals surface area contributed by atoms with E-state index in [0.717, 1.165) is 0 Å². The van der Waals surface area contributed by atoms with E-state index in [9.17, 15) is 20.1 Å². The summed E-state index contributed by atoms with van der Waals surface area (Å²) in [6, 6.07) is 0. The monoisotopic (exact) mass is 354 g/mol. The van der Waals surface area contributed by atoms with Crippen molar-refractivity contribution in [3.8, 4) is 0 Å². The van der Waals surface area contributed by atoms with E-state index in [2.05, 4.69) is 20.3 Å². The fourth-order valence-corrected chi connectivity index (χ4v) is 2.68. The number of amides is 1.